The first-order valence-corrected chi connectivity index (χ1v) is 10.7. The summed E-state index contributed by atoms with van der Waals surface area (Å²) in [6.07, 6.45) is 1.47. The molecule has 2 N–H and O–H groups in total. The van der Waals surface area contributed by atoms with E-state index < -0.39 is 0 Å². The second kappa shape index (κ2) is 10.2. The van der Waals surface area contributed by atoms with Gasteiger partial charge in [-0.15, -0.1) is 5.10 Å². The summed E-state index contributed by atoms with van der Waals surface area (Å²) in [4.78, 5) is 0. The molecule has 1 aliphatic heterocycles. The fourth-order valence-electron chi connectivity index (χ4n) is 3.06. The van der Waals surface area contributed by atoms with E-state index in [1.807, 2.05) is 42.5 Å². The summed E-state index contributed by atoms with van der Waals surface area (Å²) >= 11 is 1.47. The lowest BCUT2D eigenvalue weighted by molar-refractivity contribution is -0.0441. The first kappa shape index (κ1) is 20.3. The number of rotatable bonds is 6. The van der Waals surface area contributed by atoms with E-state index in [4.69, 9.17) is 15.2 Å². The number of nitrogens with zero attached hydrogens (tertiary/aromatic N) is 2. The minimum absolute atomic E-state index is 0.239. The van der Waals surface area contributed by atoms with Crippen molar-refractivity contribution in [2.24, 2.45) is 15.9 Å². The van der Waals surface area contributed by atoms with Crippen molar-refractivity contribution >= 4 is 23.1 Å². The van der Waals surface area contributed by atoms with Crippen LogP contribution in [0.4, 0.5) is 0 Å². The Morgan fingerprint density at radius 3 is 2.20 bits per heavy atom. The van der Waals surface area contributed by atoms with E-state index in [0.29, 0.717) is 18.4 Å². The molecule has 4 rings (SSSR count). The van der Waals surface area contributed by atoms with E-state index in [2.05, 4.69) is 46.6 Å². The van der Waals surface area contributed by atoms with Gasteiger partial charge in [0.2, 0.25) is 0 Å². The zero-order valence-corrected chi connectivity index (χ0v) is 17.3. The molecule has 3 aromatic rings. The molecule has 1 aliphatic rings. The molecule has 0 spiro atoms. The summed E-state index contributed by atoms with van der Waals surface area (Å²) in [6.45, 7) is 1.30. The van der Waals surface area contributed by atoms with E-state index in [9.17, 15) is 0 Å². The highest BCUT2D eigenvalue weighted by Gasteiger charge is 2.17. The van der Waals surface area contributed by atoms with Crippen molar-refractivity contribution < 1.29 is 9.47 Å². The number of nitrogens with two attached hydrogens (primary N) is 1. The van der Waals surface area contributed by atoms with E-state index in [1.165, 1.54) is 17.3 Å². The Hall–Kier alpha value is -2.93. The molecule has 0 aromatic heterocycles. The van der Waals surface area contributed by atoms with Crippen LogP contribution in [-0.2, 0) is 15.2 Å². The monoisotopic (exact) mass is 417 g/mol. The normalized spacial score (nSPS) is 15.1. The molecule has 0 atom stereocenters. The van der Waals surface area contributed by atoms with Gasteiger partial charge in [0, 0.05) is 11.3 Å². The molecule has 0 bridgehead atoms. The van der Waals surface area contributed by atoms with Gasteiger partial charge in [0.1, 0.15) is 0 Å². The minimum Gasteiger partial charge on any atom is -0.377 e. The van der Waals surface area contributed by atoms with Crippen LogP contribution in [0.2, 0.25) is 0 Å². The van der Waals surface area contributed by atoms with Crippen LogP contribution in [0, 0.1) is 0 Å². The largest absolute Gasteiger partial charge is 0.377 e. The lowest BCUT2D eigenvalue weighted by Crippen LogP contribution is -2.05. The maximum Gasteiger partial charge on any atom is 0.184 e. The number of hydrogen-bond acceptors (Lipinski definition) is 5. The molecule has 6 heteroatoms. The maximum atomic E-state index is 5.92. The van der Waals surface area contributed by atoms with Gasteiger partial charge >= 0.3 is 0 Å². The first-order valence-electron chi connectivity index (χ1n) is 9.75. The summed E-state index contributed by atoms with van der Waals surface area (Å²) in [5.74, 6) is 0.776. The maximum absolute atomic E-state index is 5.92. The van der Waals surface area contributed by atoms with Crippen molar-refractivity contribution in [2.45, 2.75) is 12.0 Å². The van der Waals surface area contributed by atoms with Crippen LogP contribution in [0.5, 0.6) is 0 Å². The zero-order valence-electron chi connectivity index (χ0n) is 16.5. The van der Waals surface area contributed by atoms with Crippen LogP contribution in [0.3, 0.4) is 0 Å². The number of amidine groups is 1. The molecule has 0 amide bonds. The summed E-state index contributed by atoms with van der Waals surface area (Å²) in [5, 5.41) is 8.61. The van der Waals surface area contributed by atoms with E-state index >= 15 is 0 Å². The van der Waals surface area contributed by atoms with Gasteiger partial charge in [-0.2, -0.15) is 5.10 Å². The van der Waals surface area contributed by atoms with Gasteiger partial charge in [-0.05, 0) is 22.3 Å². The predicted octanol–water partition coefficient (Wildman–Crippen LogP) is 4.98. The highest BCUT2D eigenvalue weighted by molar-refractivity contribution is 8.13. The molecular weight excluding hydrogens is 394 g/mol. The Balaban J connectivity index is 1.32. The highest BCUT2D eigenvalue weighted by atomic mass is 32.2. The lowest BCUT2D eigenvalue weighted by atomic mass is 10.0. The van der Waals surface area contributed by atoms with Gasteiger partial charge in [-0.1, -0.05) is 90.6 Å². The number of benzene rings is 3. The SMILES string of the molecule is NC(=NN=Cc1ccc(-c2ccc(C3OCCO3)cc2)cc1)SCc1ccccc1. The topological polar surface area (TPSA) is 69.2 Å². The predicted molar refractivity (Wildman–Crippen MR) is 123 cm³/mol. The Bertz CT molecular complexity index is 997. The van der Waals surface area contributed by atoms with Crippen molar-refractivity contribution in [2.75, 3.05) is 13.2 Å². The molecule has 3 aromatic carbocycles. The van der Waals surface area contributed by atoms with Crippen molar-refractivity contribution in [1.82, 2.24) is 0 Å². The fraction of sp³-hybridized carbons (Fsp3) is 0.167. The third kappa shape index (κ3) is 5.57. The smallest absolute Gasteiger partial charge is 0.184 e. The molecule has 0 radical (unpaired) electrons. The Labute approximate surface area is 180 Å². The highest BCUT2D eigenvalue weighted by Crippen LogP contribution is 2.26. The minimum atomic E-state index is -0.239. The van der Waals surface area contributed by atoms with Crippen molar-refractivity contribution in [1.29, 1.82) is 0 Å². The van der Waals surface area contributed by atoms with Crippen LogP contribution in [0.1, 0.15) is 23.0 Å². The molecule has 0 saturated carbocycles. The third-order valence-electron chi connectivity index (χ3n) is 4.64. The molecule has 1 fully saturated rings. The van der Waals surface area contributed by atoms with Crippen LogP contribution in [0.15, 0.2) is 89.1 Å². The lowest BCUT2D eigenvalue weighted by Gasteiger charge is -2.10. The summed E-state index contributed by atoms with van der Waals surface area (Å²) in [7, 11) is 0. The molecule has 30 heavy (non-hydrogen) atoms. The Morgan fingerprint density at radius 2 is 1.53 bits per heavy atom. The first-order chi connectivity index (χ1) is 14.8. The van der Waals surface area contributed by atoms with Crippen LogP contribution in [0.25, 0.3) is 11.1 Å². The van der Waals surface area contributed by atoms with Crippen LogP contribution in [-0.4, -0.2) is 24.6 Å². The van der Waals surface area contributed by atoms with E-state index in [1.54, 1.807) is 6.21 Å². The van der Waals surface area contributed by atoms with Crippen LogP contribution >= 0.6 is 11.8 Å². The Morgan fingerprint density at radius 1 is 0.900 bits per heavy atom. The molecule has 0 aliphatic carbocycles. The van der Waals surface area contributed by atoms with E-state index in [0.717, 1.165) is 28.0 Å². The fourth-order valence-corrected chi connectivity index (χ4v) is 3.67. The van der Waals surface area contributed by atoms with Crippen molar-refractivity contribution in [3.63, 3.8) is 0 Å². The van der Waals surface area contributed by atoms with Gasteiger partial charge in [-0.25, -0.2) is 0 Å². The quantitative estimate of drug-likeness (QED) is 0.349. The standard InChI is InChI=1S/C24H23N3O2S/c25-24(30-17-19-4-2-1-3-5-19)27-26-16-18-6-8-20(9-7-18)21-10-12-22(13-11-21)23-28-14-15-29-23/h1-13,16,23H,14-15,17H2,(H2,25,27). The van der Waals surface area contributed by atoms with Gasteiger partial charge in [0.15, 0.2) is 11.5 Å². The summed E-state index contributed by atoms with van der Waals surface area (Å²) in [6, 6.07) is 26.6. The van der Waals surface area contributed by atoms with Crippen LogP contribution < -0.4 is 5.73 Å². The number of ether oxygens (including phenoxy) is 2. The average molecular weight is 418 g/mol. The van der Waals surface area contributed by atoms with E-state index in [-0.39, 0.29) is 6.29 Å². The average Bonchev–Trinajstić information content (AvgIpc) is 3.34. The molecular formula is C24H23N3O2S. The number of thioether (sulfide) groups is 1. The zero-order chi connectivity index (χ0) is 20.6. The van der Waals surface area contributed by atoms with Crippen molar-refractivity contribution in [3.8, 4) is 11.1 Å². The number of hydrogen-bond donors (Lipinski definition) is 1. The molecule has 1 heterocycles. The Kier molecular flexibility index (Phi) is 6.92. The second-order valence-corrected chi connectivity index (χ2v) is 7.77. The molecule has 1 saturated heterocycles. The van der Waals surface area contributed by atoms with Gasteiger partial charge < -0.3 is 15.2 Å². The van der Waals surface area contributed by atoms with Crippen molar-refractivity contribution in [3.05, 3.63) is 95.6 Å². The summed E-state index contributed by atoms with van der Waals surface area (Å²) in [5.41, 5.74) is 11.4. The van der Waals surface area contributed by atoms with Gasteiger partial charge in [-0.3, -0.25) is 0 Å². The molecule has 0 unspecified atom stereocenters. The second-order valence-electron chi connectivity index (χ2n) is 6.77. The summed E-state index contributed by atoms with van der Waals surface area (Å²) < 4.78 is 11.1. The molecule has 5 nitrogen and oxygen atoms in total. The third-order valence-corrected chi connectivity index (χ3v) is 5.50. The van der Waals surface area contributed by atoms with Gasteiger partial charge in [0.05, 0.1) is 19.4 Å². The molecule has 152 valence electrons. The van der Waals surface area contributed by atoms with Gasteiger partial charge in [0.25, 0.3) is 0 Å².